The number of hydrogen-bond acceptors (Lipinski definition) is 5. The lowest BCUT2D eigenvalue weighted by Gasteiger charge is -2.21. The summed E-state index contributed by atoms with van der Waals surface area (Å²) in [5.74, 6) is 1.10. The van der Waals surface area contributed by atoms with E-state index in [0.29, 0.717) is 23.7 Å². The van der Waals surface area contributed by atoms with Gasteiger partial charge in [-0.15, -0.1) is 0 Å². The molecule has 1 atom stereocenters. The number of hydrogen-bond donors (Lipinski definition) is 0. The normalized spacial score (nSPS) is 17.7. The van der Waals surface area contributed by atoms with E-state index in [1.165, 1.54) is 12.5 Å². The molecule has 0 radical (unpaired) electrons. The maximum Gasteiger partial charge on any atom is 0.279 e. The van der Waals surface area contributed by atoms with Gasteiger partial charge in [-0.05, 0) is 43.3 Å². The molecular weight excluding hydrogens is 340 g/mol. The van der Waals surface area contributed by atoms with Gasteiger partial charge in [-0.25, -0.2) is 0 Å². The minimum Gasteiger partial charge on any atom is -0.467 e. The molecular formula is C18H16N2O4S. The topological polar surface area (TPSA) is 76.0 Å². The second kappa shape index (κ2) is 5.93. The van der Waals surface area contributed by atoms with E-state index in [4.69, 9.17) is 8.83 Å². The smallest absolute Gasteiger partial charge is 0.279 e. The number of nitrogens with zero attached hydrogens (tertiary/aromatic N) is 2. The van der Waals surface area contributed by atoms with Crippen LogP contribution in [0.3, 0.4) is 0 Å². The molecule has 0 saturated heterocycles. The first-order valence-corrected chi connectivity index (χ1v) is 9.25. The highest BCUT2D eigenvalue weighted by Crippen LogP contribution is 2.37. The summed E-state index contributed by atoms with van der Waals surface area (Å²) in [6, 6.07) is 13.2. The quantitative estimate of drug-likeness (QED) is 0.714. The summed E-state index contributed by atoms with van der Waals surface area (Å²) in [7, 11) is -3.81. The van der Waals surface area contributed by atoms with E-state index in [2.05, 4.69) is 5.10 Å². The molecule has 7 heteroatoms. The number of hydrazone groups is 1. The van der Waals surface area contributed by atoms with Crippen molar-refractivity contribution in [1.82, 2.24) is 4.41 Å². The zero-order valence-electron chi connectivity index (χ0n) is 13.5. The number of sulfonamides is 1. The molecule has 0 saturated carbocycles. The van der Waals surface area contributed by atoms with E-state index < -0.39 is 16.1 Å². The molecule has 0 spiro atoms. The maximum atomic E-state index is 13.1. The summed E-state index contributed by atoms with van der Waals surface area (Å²) in [6.45, 7) is 1.91. The lowest BCUT2D eigenvalue weighted by molar-refractivity contribution is 0.320. The van der Waals surface area contributed by atoms with Gasteiger partial charge in [0, 0.05) is 6.42 Å². The van der Waals surface area contributed by atoms with Crippen LogP contribution in [0.4, 0.5) is 0 Å². The Morgan fingerprint density at radius 1 is 1.04 bits per heavy atom. The van der Waals surface area contributed by atoms with Gasteiger partial charge in [0.2, 0.25) is 0 Å². The van der Waals surface area contributed by atoms with Crippen LogP contribution in [0, 0.1) is 6.92 Å². The zero-order valence-corrected chi connectivity index (χ0v) is 14.3. The average molecular weight is 356 g/mol. The van der Waals surface area contributed by atoms with Gasteiger partial charge in [-0.3, -0.25) is 0 Å². The molecule has 1 aromatic carbocycles. The molecule has 1 aliphatic heterocycles. The van der Waals surface area contributed by atoms with Crippen LogP contribution in [-0.2, 0) is 10.0 Å². The molecule has 6 nitrogen and oxygen atoms in total. The zero-order chi connectivity index (χ0) is 17.4. The first-order chi connectivity index (χ1) is 12.1. The van der Waals surface area contributed by atoms with E-state index in [9.17, 15) is 8.42 Å². The van der Waals surface area contributed by atoms with Gasteiger partial charge in [-0.1, -0.05) is 17.7 Å². The van der Waals surface area contributed by atoms with Crippen LogP contribution in [0.5, 0.6) is 0 Å². The Bertz CT molecular complexity index is 988. The summed E-state index contributed by atoms with van der Waals surface area (Å²) in [5, 5.41) is 4.35. The molecule has 1 unspecified atom stereocenters. The Labute approximate surface area is 145 Å². The van der Waals surface area contributed by atoms with Crippen LogP contribution in [-0.4, -0.2) is 18.5 Å². The van der Waals surface area contributed by atoms with Crippen molar-refractivity contribution in [3.63, 3.8) is 0 Å². The third-order valence-electron chi connectivity index (χ3n) is 4.11. The summed E-state index contributed by atoms with van der Waals surface area (Å²) < 4.78 is 38.2. The SMILES string of the molecule is Cc1ccc(S(=O)(=O)N2N=C(c3ccco3)CC2c2ccco2)cc1. The van der Waals surface area contributed by atoms with Crippen LogP contribution in [0.15, 0.2) is 79.9 Å². The standard InChI is InChI=1S/C18H16N2O4S/c1-13-6-8-14(9-7-13)25(21,22)20-16(18-5-3-11-24-18)12-15(19-20)17-4-2-10-23-17/h2-11,16H,12H2,1H3. The van der Waals surface area contributed by atoms with Crippen molar-refractivity contribution in [1.29, 1.82) is 0 Å². The summed E-state index contributed by atoms with van der Waals surface area (Å²) in [4.78, 5) is 0.194. The molecule has 0 amide bonds. The van der Waals surface area contributed by atoms with Crippen LogP contribution in [0.1, 0.15) is 29.5 Å². The van der Waals surface area contributed by atoms with Crippen molar-refractivity contribution in [3.8, 4) is 0 Å². The van der Waals surface area contributed by atoms with E-state index in [1.807, 2.05) is 6.92 Å². The van der Waals surface area contributed by atoms with Crippen LogP contribution in [0.2, 0.25) is 0 Å². The lowest BCUT2D eigenvalue weighted by Crippen LogP contribution is -2.27. The Hall–Kier alpha value is -2.80. The number of furan rings is 2. The number of rotatable bonds is 4. The first-order valence-electron chi connectivity index (χ1n) is 7.81. The molecule has 0 fully saturated rings. The molecule has 0 bridgehead atoms. The van der Waals surface area contributed by atoms with Crippen molar-refractivity contribution in [2.75, 3.05) is 0 Å². The monoisotopic (exact) mass is 356 g/mol. The van der Waals surface area contributed by atoms with Crippen LogP contribution < -0.4 is 0 Å². The molecule has 0 aliphatic carbocycles. The Morgan fingerprint density at radius 3 is 2.40 bits per heavy atom. The van der Waals surface area contributed by atoms with Gasteiger partial charge in [0.15, 0.2) is 0 Å². The summed E-state index contributed by atoms with van der Waals surface area (Å²) in [5.41, 5.74) is 1.56. The fourth-order valence-electron chi connectivity index (χ4n) is 2.81. The minimum absolute atomic E-state index is 0.194. The minimum atomic E-state index is -3.81. The maximum absolute atomic E-state index is 13.1. The molecule has 2 aromatic heterocycles. The van der Waals surface area contributed by atoms with E-state index in [0.717, 1.165) is 9.98 Å². The fraction of sp³-hybridized carbons (Fsp3) is 0.167. The van der Waals surface area contributed by atoms with Crippen molar-refractivity contribution in [2.45, 2.75) is 24.3 Å². The van der Waals surface area contributed by atoms with Crippen molar-refractivity contribution in [2.24, 2.45) is 5.10 Å². The highest BCUT2D eigenvalue weighted by Gasteiger charge is 2.39. The predicted octanol–water partition coefficient (Wildman–Crippen LogP) is 3.72. The Balaban J connectivity index is 1.78. The summed E-state index contributed by atoms with van der Waals surface area (Å²) >= 11 is 0. The van der Waals surface area contributed by atoms with Crippen molar-refractivity contribution in [3.05, 3.63) is 78.1 Å². The largest absolute Gasteiger partial charge is 0.467 e. The van der Waals surface area contributed by atoms with Gasteiger partial charge in [-0.2, -0.15) is 17.9 Å². The highest BCUT2D eigenvalue weighted by molar-refractivity contribution is 7.89. The third-order valence-corrected chi connectivity index (χ3v) is 5.81. The van der Waals surface area contributed by atoms with Gasteiger partial charge < -0.3 is 8.83 Å². The van der Waals surface area contributed by atoms with E-state index >= 15 is 0 Å². The molecule has 128 valence electrons. The molecule has 3 heterocycles. The first kappa shape index (κ1) is 15.7. The van der Waals surface area contributed by atoms with Gasteiger partial charge in [0.25, 0.3) is 10.0 Å². The molecule has 0 N–H and O–H groups in total. The van der Waals surface area contributed by atoms with Crippen molar-refractivity contribution < 1.29 is 17.3 Å². The number of aryl methyl sites for hydroxylation is 1. The summed E-state index contributed by atoms with van der Waals surface area (Å²) in [6.07, 6.45) is 3.44. The van der Waals surface area contributed by atoms with Gasteiger partial charge in [0.05, 0.1) is 17.4 Å². The Morgan fingerprint density at radius 2 is 1.76 bits per heavy atom. The second-order valence-electron chi connectivity index (χ2n) is 5.85. The lowest BCUT2D eigenvalue weighted by atomic mass is 10.1. The van der Waals surface area contributed by atoms with Crippen LogP contribution >= 0.6 is 0 Å². The molecule has 4 rings (SSSR count). The molecule has 25 heavy (non-hydrogen) atoms. The molecule has 3 aromatic rings. The van der Waals surface area contributed by atoms with Gasteiger partial charge >= 0.3 is 0 Å². The molecule has 1 aliphatic rings. The highest BCUT2D eigenvalue weighted by atomic mass is 32.2. The van der Waals surface area contributed by atoms with E-state index in [1.54, 1.807) is 48.5 Å². The Kier molecular flexibility index (Phi) is 3.73. The average Bonchev–Trinajstić information content (AvgIpc) is 3.34. The number of benzene rings is 1. The fourth-order valence-corrected chi connectivity index (χ4v) is 4.23. The van der Waals surface area contributed by atoms with E-state index in [-0.39, 0.29) is 4.90 Å². The third kappa shape index (κ3) is 2.76. The van der Waals surface area contributed by atoms with Crippen LogP contribution in [0.25, 0.3) is 0 Å². The predicted molar refractivity (Wildman–Crippen MR) is 91.5 cm³/mol. The second-order valence-corrected chi connectivity index (χ2v) is 7.65. The van der Waals surface area contributed by atoms with Gasteiger partial charge in [0.1, 0.15) is 23.3 Å². The van der Waals surface area contributed by atoms with Crippen molar-refractivity contribution >= 4 is 15.7 Å².